The number of rotatable bonds is 4. The van der Waals surface area contributed by atoms with Crippen molar-refractivity contribution in [1.29, 1.82) is 0 Å². The number of carbonyl (C=O) groups excluding carboxylic acids is 2. The van der Waals surface area contributed by atoms with Crippen LogP contribution in [-0.2, 0) is 14.3 Å². The largest absolute Gasteiger partial charge is 0.462 e. The molecule has 22 heavy (non-hydrogen) atoms. The number of allylic oxidation sites excluding steroid dienone is 2. The van der Waals surface area contributed by atoms with Crippen molar-refractivity contribution in [2.24, 2.45) is 17.8 Å². The minimum atomic E-state index is -0.0579. The molecule has 3 rings (SSSR count). The van der Waals surface area contributed by atoms with Crippen LogP contribution in [-0.4, -0.2) is 17.9 Å². The van der Waals surface area contributed by atoms with E-state index in [-0.39, 0.29) is 12.1 Å². The van der Waals surface area contributed by atoms with Gasteiger partial charge in [-0.25, -0.2) is 0 Å². The third-order valence-electron chi connectivity index (χ3n) is 6.00. The summed E-state index contributed by atoms with van der Waals surface area (Å²) in [5, 5.41) is 0. The quantitative estimate of drug-likeness (QED) is 0.731. The van der Waals surface area contributed by atoms with E-state index in [4.69, 9.17) is 4.74 Å². The molecule has 0 bridgehead atoms. The van der Waals surface area contributed by atoms with Gasteiger partial charge in [-0.3, -0.25) is 9.59 Å². The van der Waals surface area contributed by atoms with E-state index in [0.717, 1.165) is 56.9 Å². The Bertz CT molecular complexity index is 491. The molecule has 0 heterocycles. The first-order valence-corrected chi connectivity index (χ1v) is 9.10. The van der Waals surface area contributed by atoms with Crippen molar-refractivity contribution in [2.75, 3.05) is 0 Å². The molecule has 0 aliphatic heterocycles. The second-order valence-corrected chi connectivity index (χ2v) is 7.15. The molecule has 0 spiro atoms. The number of ketones is 1. The van der Waals surface area contributed by atoms with Crippen molar-refractivity contribution in [3.05, 3.63) is 11.1 Å². The predicted molar refractivity (Wildman–Crippen MR) is 85.3 cm³/mol. The van der Waals surface area contributed by atoms with E-state index in [0.29, 0.717) is 30.0 Å². The van der Waals surface area contributed by atoms with Gasteiger partial charge in [0.05, 0.1) is 0 Å². The van der Waals surface area contributed by atoms with Gasteiger partial charge < -0.3 is 4.74 Å². The van der Waals surface area contributed by atoms with Gasteiger partial charge in [0.25, 0.3) is 0 Å². The molecular formula is C19H28O3. The Balaban J connectivity index is 1.78. The van der Waals surface area contributed by atoms with Crippen LogP contribution in [0.15, 0.2) is 11.1 Å². The first-order valence-electron chi connectivity index (χ1n) is 9.10. The first-order chi connectivity index (χ1) is 10.7. The van der Waals surface area contributed by atoms with Crippen molar-refractivity contribution in [1.82, 2.24) is 0 Å². The zero-order chi connectivity index (χ0) is 15.7. The van der Waals surface area contributed by atoms with Gasteiger partial charge in [-0.2, -0.15) is 0 Å². The highest BCUT2D eigenvalue weighted by molar-refractivity contribution is 5.97. The maximum atomic E-state index is 12.3. The third-order valence-corrected chi connectivity index (χ3v) is 6.00. The summed E-state index contributed by atoms with van der Waals surface area (Å²) in [6.07, 6.45) is 8.69. The van der Waals surface area contributed by atoms with Gasteiger partial charge in [0, 0.05) is 12.8 Å². The first kappa shape index (κ1) is 15.8. The zero-order valence-corrected chi connectivity index (χ0v) is 13.9. The second kappa shape index (κ2) is 6.55. The van der Waals surface area contributed by atoms with E-state index >= 15 is 0 Å². The molecule has 122 valence electrons. The maximum absolute atomic E-state index is 12.3. The molecule has 3 nitrogen and oxygen atoms in total. The smallest absolute Gasteiger partial charge is 0.305 e. The highest BCUT2D eigenvalue weighted by Gasteiger charge is 2.47. The summed E-state index contributed by atoms with van der Waals surface area (Å²) in [6.45, 7) is 4.02. The summed E-state index contributed by atoms with van der Waals surface area (Å²) < 4.78 is 5.68. The van der Waals surface area contributed by atoms with Gasteiger partial charge in [-0.15, -0.1) is 0 Å². The van der Waals surface area contributed by atoms with E-state index in [2.05, 4.69) is 6.92 Å². The highest BCUT2D eigenvalue weighted by atomic mass is 16.5. The van der Waals surface area contributed by atoms with Crippen LogP contribution in [0.25, 0.3) is 0 Å². The molecule has 0 amide bonds. The lowest BCUT2D eigenvalue weighted by atomic mass is 9.64. The van der Waals surface area contributed by atoms with Gasteiger partial charge in [0.15, 0.2) is 5.78 Å². The molecule has 3 unspecified atom stereocenters. The minimum absolute atomic E-state index is 0.0579. The summed E-state index contributed by atoms with van der Waals surface area (Å²) in [5.41, 5.74) is 2.63. The van der Waals surface area contributed by atoms with E-state index in [1.807, 2.05) is 6.92 Å². The third kappa shape index (κ3) is 2.75. The Kier molecular flexibility index (Phi) is 4.70. The van der Waals surface area contributed by atoms with Crippen LogP contribution in [0.5, 0.6) is 0 Å². The van der Waals surface area contributed by atoms with Crippen molar-refractivity contribution < 1.29 is 14.3 Å². The average molecular weight is 304 g/mol. The molecule has 2 saturated carbocycles. The molecule has 0 aromatic rings. The summed E-state index contributed by atoms with van der Waals surface area (Å²) in [6, 6.07) is 0. The lowest BCUT2D eigenvalue weighted by Gasteiger charge is -2.41. The van der Waals surface area contributed by atoms with E-state index < -0.39 is 0 Å². The summed E-state index contributed by atoms with van der Waals surface area (Å²) >= 11 is 0. The topological polar surface area (TPSA) is 43.4 Å². The Morgan fingerprint density at radius 3 is 2.64 bits per heavy atom. The number of hydrogen-bond acceptors (Lipinski definition) is 3. The lowest BCUT2D eigenvalue weighted by Crippen LogP contribution is -2.36. The number of ether oxygens (including phenoxy) is 1. The van der Waals surface area contributed by atoms with Crippen LogP contribution in [0.2, 0.25) is 0 Å². The molecule has 0 aromatic heterocycles. The monoisotopic (exact) mass is 304 g/mol. The molecule has 3 heteroatoms. The molecular weight excluding hydrogens is 276 g/mol. The molecule has 0 saturated heterocycles. The summed E-state index contributed by atoms with van der Waals surface area (Å²) in [4.78, 5) is 23.9. The van der Waals surface area contributed by atoms with Crippen LogP contribution in [0.4, 0.5) is 0 Å². The van der Waals surface area contributed by atoms with Crippen molar-refractivity contribution >= 4 is 11.8 Å². The van der Waals surface area contributed by atoms with Crippen molar-refractivity contribution in [3.8, 4) is 0 Å². The molecule has 3 aliphatic carbocycles. The van der Waals surface area contributed by atoms with E-state index in [9.17, 15) is 9.59 Å². The highest BCUT2D eigenvalue weighted by Crippen LogP contribution is 2.52. The SMILES string of the molecule is CCCC1=C2CCC3C(CC[C@@H]3OC(=O)CC)C2CCC1=O. The van der Waals surface area contributed by atoms with Crippen molar-refractivity contribution in [2.45, 2.75) is 77.7 Å². The fourth-order valence-corrected chi connectivity index (χ4v) is 5.05. The molecule has 3 aliphatic rings. The fraction of sp³-hybridized carbons (Fsp3) is 0.789. The Labute approximate surface area is 133 Å². The van der Waals surface area contributed by atoms with Gasteiger partial charge in [0.2, 0.25) is 0 Å². The number of carbonyl (C=O) groups is 2. The number of esters is 1. The Morgan fingerprint density at radius 2 is 1.91 bits per heavy atom. The number of fused-ring (bicyclic) bond motifs is 3. The second-order valence-electron chi connectivity index (χ2n) is 7.15. The van der Waals surface area contributed by atoms with Crippen LogP contribution in [0, 0.1) is 17.8 Å². The zero-order valence-electron chi connectivity index (χ0n) is 13.9. The standard InChI is InChI=1S/C19H28O3/c1-3-5-15-13-6-7-16-14(12(13)8-10-17(15)20)9-11-18(16)22-19(21)4-2/h12,14,16,18H,3-11H2,1-2H3/t12?,14?,16?,18-/m0/s1. The van der Waals surface area contributed by atoms with Crippen molar-refractivity contribution in [3.63, 3.8) is 0 Å². The van der Waals surface area contributed by atoms with Gasteiger partial charge >= 0.3 is 5.97 Å². The molecule has 0 N–H and O–H groups in total. The predicted octanol–water partition coefficient (Wildman–Crippen LogP) is 4.20. The van der Waals surface area contributed by atoms with Crippen LogP contribution >= 0.6 is 0 Å². The van der Waals surface area contributed by atoms with Crippen LogP contribution < -0.4 is 0 Å². The van der Waals surface area contributed by atoms with E-state index in [1.165, 1.54) is 5.57 Å². The van der Waals surface area contributed by atoms with Crippen LogP contribution in [0.1, 0.15) is 71.6 Å². The molecule has 0 aromatic carbocycles. The summed E-state index contributed by atoms with van der Waals surface area (Å²) in [7, 11) is 0. The van der Waals surface area contributed by atoms with Gasteiger partial charge in [-0.1, -0.05) is 25.8 Å². The number of hydrogen-bond donors (Lipinski definition) is 0. The Hall–Kier alpha value is -1.12. The summed E-state index contributed by atoms with van der Waals surface area (Å²) in [5.74, 6) is 2.10. The van der Waals surface area contributed by atoms with Gasteiger partial charge in [-0.05, 0) is 61.9 Å². The number of Topliss-reactive ketones (excluding diaryl/α,β-unsaturated/α-hetero) is 1. The van der Waals surface area contributed by atoms with E-state index in [1.54, 1.807) is 0 Å². The Morgan fingerprint density at radius 1 is 1.09 bits per heavy atom. The fourth-order valence-electron chi connectivity index (χ4n) is 5.05. The normalized spacial score (nSPS) is 34.4. The molecule has 4 atom stereocenters. The lowest BCUT2D eigenvalue weighted by molar-refractivity contribution is -0.151. The minimum Gasteiger partial charge on any atom is -0.462 e. The van der Waals surface area contributed by atoms with Gasteiger partial charge in [0.1, 0.15) is 6.10 Å². The maximum Gasteiger partial charge on any atom is 0.305 e. The van der Waals surface area contributed by atoms with Crippen LogP contribution in [0.3, 0.4) is 0 Å². The molecule has 0 radical (unpaired) electrons. The molecule has 2 fully saturated rings. The average Bonchev–Trinajstić information content (AvgIpc) is 2.93.